The first kappa shape index (κ1) is 20.1. The van der Waals surface area contributed by atoms with Gasteiger partial charge in [0.25, 0.3) is 0 Å². The number of aromatic nitrogens is 2. The topological polar surface area (TPSA) is 76.3 Å². The predicted octanol–water partition coefficient (Wildman–Crippen LogP) is 3.86. The summed E-state index contributed by atoms with van der Waals surface area (Å²) in [6.45, 7) is 0.705. The van der Waals surface area contributed by atoms with Gasteiger partial charge in [-0.2, -0.15) is 16.3 Å². The van der Waals surface area contributed by atoms with Gasteiger partial charge in [0.15, 0.2) is 0 Å². The lowest BCUT2D eigenvalue weighted by molar-refractivity contribution is 0.247. The van der Waals surface area contributed by atoms with Crippen molar-refractivity contribution in [2.45, 2.75) is 25.0 Å². The molecule has 1 fully saturated rings. The number of hydrogen-bond acceptors (Lipinski definition) is 6. The van der Waals surface area contributed by atoms with Crippen LogP contribution in [0, 0.1) is 17.6 Å². The van der Waals surface area contributed by atoms with E-state index in [1.807, 2.05) is 16.8 Å². The minimum Gasteiger partial charge on any atom is -0.339 e. The van der Waals surface area contributed by atoms with Gasteiger partial charge in [-0.25, -0.2) is 21.5 Å². The van der Waals surface area contributed by atoms with Crippen LogP contribution < -0.4 is 0 Å². The molecule has 0 N–H and O–H groups in total. The first-order valence-electron chi connectivity index (χ1n) is 9.17. The first-order chi connectivity index (χ1) is 13.9. The standard InChI is InChI=1S/C19H19F2N3O3S2/c20-16-6-14(7-17(21)9-16)12-29(25,26)24-4-1-2-13(10-24)8-18-22-19(23-27-18)15-3-5-28-11-15/h3,5-7,9,11,13H,1-2,4,8,10,12H2. The molecule has 29 heavy (non-hydrogen) atoms. The van der Waals surface area contributed by atoms with E-state index in [0.29, 0.717) is 37.6 Å². The molecule has 2 aromatic heterocycles. The summed E-state index contributed by atoms with van der Waals surface area (Å²) in [5.41, 5.74) is 0.988. The molecule has 1 aromatic carbocycles. The number of halogens is 2. The molecule has 0 bridgehead atoms. The van der Waals surface area contributed by atoms with Crippen molar-refractivity contribution in [2.24, 2.45) is 5.92 Å². The van der Waals surface area contributed by atoms with E-state index >= 15 is 0 Å². The molecule has 0 spiro atoms. The molecule has 3 heterocycles. The van der Waals surface area contributed by atoms with Crippen molar-refractivity contribution < 1.29 is 21.7 Å². The highest BCUT2D eigenvalue weighted by atomic mass is 32.2. The van der Waals surface area contributed by atoms with Crippen molar-refractivity contribution >= 4 is 21.4 Å². The summed E-state index contributed by atoms with van der Waals surface area (Å²) < 4.78 is 59.0. The lowest BCUT2D eigenvalue weighted by atomic mass is 9.96. The van der Waals surface area contributed by atoms with Crippen LogP contribution in [0.1, 0.15) is 24.3 Å². The third kappa shape index (κ3) is 4.88. The van der Waals surface area contributed by atoms with Gasteiger partial charge in [0.1, 0.15) is 11.6 Å². The molecule has 1 aliphatic heterocycles. The average Bonchev–Trinajstić information content (AvgIpc) is 3.32. The molecule has 3 aromatic rings. The quantitative estimate of drug-likeness (QED) is 0.583. The minimum atomic E-state index is -3.69. The Labute approximate surface area is 171 Å². The number of hydrogen-bond donors (Lipinski definition) is 0. The van der Waals surface area contributed by atoms with Crippen LogP contribution in [-0.2, 0) is 22.2 Å². The molecular weight excluding hydrogens is 420 g/mol. The number of sulfonamides is 1. The number of thiophene rings is 1. The van der Waals surface area contributed by atoms with Gasteiger partial charge in [-0.1, -0.05) is 5.16 Å². The SMILES string of the molecule is O=S(=O)(Cc1cc(F)cc(F)c1)N1CCCC(Cc2nc(-c3ccsc3)no2)C1. The summed E-state index contributed by atoms with van der Waals surface area (Å²) in [6.07, 6.45) is 2.03. The zero-order chi connectivity index (χ0) is 20.4. The third-order valence-electron chi connectivity index (χ3n) is 4.86. The van der Waals surface area contributed by atoms with Crippen molar-refractivity contribution in [1.29, 1.82) is 0 Å². The number of benzene rings is 1. The van der Waals surface area contributed by atoms with Crippen LogP contribution >= 0.6 is 11.3 Å². The zero-order valence-electron chi connectivity index (χ0n) is 15.4. The van der Waals surface area contributed by atoms with Crippen LogP contribution in [-0.4, -0.2) is 36.0 Å². The van der Waals surface area contributed by atoms with Crippen LogP contribution in [0.2, 0.25) is 0 Å². The Hall–Kier alpha value is -2.17. The largest absolute Gasteiger partial charge is 0.339 e. The Morgan fingerprint density at radius 3 is 2.76 bits per heavy atom. The van der Waals surface area contributed by atoms with Crippen LogP contribution in [0.25, 0.3) is 11.4 Å². The van der Waals surface area contributed by atoms with Gasteiger partial charge < -0.3 is 4.52 Å². The zero-order valence-corrected chi connectivity index (χ0v) is 17.1. The lowest BCUT2D eigenvalue weighted by Gasteiger charge is -2.31. The van der Waals surface area contributed by atoms with Crippen LogP contribution in [0.5, 0.6) is 0 Å². The fourth-order valence-corrected chi connectivity index (χ4v) is 5.79. The second-order valence-corrected chi connectivity index (χ2v) is 9.88. The highest BCUT2D eigenvalue weighted by Gasteiger charge is 2.30. The maximum atomic E-state index is 13.4. The van der Waals surface area contributed by atoms with E-state index in [1.165, 1.54) is 4.31 Å². The van der Waals surface area contributed by atoms with E-state index in [4.69, 9.17) is 4.52 Å². The Bertz CT molecular complexity index is 1060. The van der Waals surface area contributed by atoms with E-state index in [1.54, 1.807) is 11.3 Å². The third-order valence-corrected chi connectivity index (χ3v) is 7.36. The summed E-state index contributed by atoms with van der Waals surface area (Å²) in [4.78, 5) is 4.40. The molecule has 6 nitrogen and oxygen atoms in total. The van der Waals surface area contributed by atoms with E-state index in [-0.39, 0.29) is 11.5 Å². The van der Waals surface area contributed by atoms with Crippen LogP contribution in [0.4, 0.5) is 8.78 Å². The maximum Gasteiger partial charge on any atom is 0.227 e. The average molecular weight is 440 g/mol. The van der Waals surface area contributed by atoms with Crippen molar-refractivity contribution in [3.8, 4) is 11.4 Å². The van der Waals surface area contributed by atoms with Crippen molar-refractivity contribution in [2.75, 3.05) is 13.1 Å². The molecule has 4 rings (SSSR count). The van der Waals surface area contributed by atoms with Crippen molar-refractivity contribution in [3.63, 3.8) is 0 Å². The molecular formula is C19H19F2N3O3S2. The minimum absolute atomic E-state index is 0.0403. The Kier molecular flexibility index (Phi) is 5.75. The molecule has 10 heteroatoms. The summed E-state index contributed by atoms with van der Waals surface area (Å²) in [7, 11) is -3.69. The molecule has 0 radical (unpaired) electrons. The molecule has 0 aliphatic carbocycles. The Morgan fingerprint density at radius 1 is 1.24 bits per heavy atom. The Balaban J connectivity index is 1.42. The van der Waals surface area contributed by atoms with Crippen LogP contribution in [0.15, 0.2) is 39.5 Å². The summed E-state index contributed by atoms with van der Waals surface area (Å²) in [6, 6.07) is 4.73. The second kappa shape index (κ2) is 8.29. The fourth-order valence-electron chi connectivity index (χ4n) is 3.54. The van der Waals surface area contributed by atoms with E-state index in [9.17, 15) is 17.2 Å². The highest BCUT2D eigenvalue weighted by Crippen LogP contribution is 2.26. The molecule has 1 aliphatic rings. The molecule has 1 unspecified atom stereocenters. The van der Waals surface area contributed by atoms with E-state index < -0.39 is 27.4 Å². The summed E-state index contributed by atoms with van der Waals surface area (Å²) >= 11 is 1.54. The first-order valence-corrected chi connectivity index (χ1v) is 11.7. The normalized spacial score (nSPS) is 18.2. The highest BCUT2D eigenvalue weighted by molar-refractivity contribution is 7.88. The molecule has 1 atom stereocenters. The van der Waals surface area contributed by atoms with Gasteiger partial charge in [0.2, 0.25) is 21.7 Å². The Morgan fingerprint density at radius 2 is 2.03 bits per heavy atom. The molecule has 1 saturated heterocycles. The van der Waals surface area contributed by atoms with Gasteiger partial charge in [-0.3, -0.25) is 0 Å². The van der Waals surface area contributed by atoms with Gasteiger partial charge >= 0.3 is 0 Å². The van der Waals surface area contributed by atoms with E-state index in [2.05, 4.69) is 10.1 Å². The summed E-state index contributed by atoms with van der Waals surface area (Å²) in [5, 5.41) is 7.84. The number of rotatable bonds is 6. The lowest BCUT2D eigenvalue weighted by Crippen LogP contribution is -2.41. The van der Waals surface area contributed by atoms with Crippen LogP contribution in [0.3, 0.4) is 0 Å². The number of piperidine rings is 1. The van der Waals surface area contributed by atoms with Crippen molar-refractivity contribution in [3.05, 3.63) is 58.1 Å². The number of nitrogens with zero attached hydrogens (tertiary/aromatic N) is 3. The summed E-state index contributed by atoms with van der Waals surface area (Å²) in [5.74, 6) is -0.970. The molecule has 0 saturated carbocycles. The van der Waals surface area contributed by atoms with Gasteiger partial charge in [-0.05, 0) is 47.9 Å². The monoisotopic (exact) mass is 439 g/mol. The molecule has 0 amide bonds. The smallest absolute Gasteiger partial charge is 0.227 e. The molecule has 154 valence electrons. The fraction of sp³-hybridized carbons (Fsp3) is 0.368. The second-order valence-electron chi connectivity index (χ2n) is 7.13. The predicted molar refractivity (Wildman–Crippen MR) is 105 cm³/mol. The van der Waals surface area contributed by atoms with Gasteiger partial charge in [0.05, 0.1) is 5.75 Å². The van der Waals surface area contributed by atoms with Crippen molar-refractivity contribution in [1.82, 2.24) is 14.4 Å². The van der Waals surface area contributed by atoms with Gasteiger partial charge in [0, 0.05) is 36.5 Å². The maximum absolute atomic E-state index is 13.4. The van der Waals surface area contributed by atoms with Gasteiger partial charge in [-0.15, -0.1) is 0 Å². The van der Waals surface area contributed by atoms with E-state index in [0.717, 1.165) is 30.2 Å².